The molecule has 2 heteroatoms. The predicted octanol–water partition coefficient (Wildman–Crippen LogP) is 2.82. The van der Waals surface area contributed by atoms with Crippen molar-refractivity contribution in [3.05, 3.63) is 40.7 Å². The van der Waals surface area contributed by atoms with Gasteiger partial charge in [0.15, 0.2) is 0 Å². The second-order valence-electron chi connectivity index (χ2n) is 4.12. The van der Waals surface area contributed by atoms with E-state index in [9.17, 15) is 4.39 Å². The monoisotopic (exact) mass is 205 g/mol. The van der Waals surface area contributed by atoms with Gasteiger partial charge in [0.2, 0.25) is 0 Å². The van der Waals surface area contributed by atoms with E-state index in [1.807, 2.05) is 19.9 Å². The summed E-state index contributed by atoms with van der Waals surface area (Å²) in [6.45, 7) is 5.70. The summed E-state index contributed by atoms with van der Waals surface area (Å²) in [7, 11) is 0. The van der Waals surface area contributed by atoms with E-state index in [-0.39, 0.29) is 5.82 Å². The van der Waals surface area contributed by atoms with Crippen LogP contribution in [0.4, 0.5) is 4.39 Å². The van der Waals surface area contributed by atoms with E-state index in [0.29, 0.717) is 0 Å². The highest BCUT2D eigenvalue weighted by Crippen LogP contribution is 2.26. The van der Waals surface area contributed by atoms with Crippen LogP contribution in [0.2, 0.25) is 0 Å². The minimum absolute atomic E-state index is 0.0827. The predicted molar refractivity (Wildman–Crippen MR) is 61.3 cm³/mol. The van der Waals surface area contributed by atoms with E-state index in [1.165, 1.54) is 0 Å². The zero-order valence-electron chi connectivity index (χ0n) is 9.23. The zero-order valence-corrected chi connectivity index (χ0v) is 9.23. The van der Waals surface area contributed by atoms with Crippen molar-refractivity contribution in [3.63, 3.8) is 0 Å². The molecule has 0 bridgehead atoms. The molecule has 0 amide bonds. The lowest BCUT2D eigenvalue weighted by Gasteiger charge is -2.17. The Balaban J connectivity index is 2.47. The lowest BCUT2D eigenvalue weighted by atomic mass is 9.94. The number of hydrogen-bond acceptors (Lipinski definition) is 1. The summed E-state index contributed by atoms with van der Waals surface area (Å²) >= 11 is 0. The largest absolute Gasteiger partial charge is 0.313 e. The third kappa shape index (κ3) is 2.10. The first kappa shape index (κ1) is 10.4. The summed E-state index contributed by atoms with van der Waals surface area (Å²) in [5.41, 5.74) is 3.98. The summed E-state index contributed by atoms with van der Waals surface area (Å²) < 4.78 is 13.8. The topological polar surface area (TPSA) is 12.0 Å². The van der Waals surface area contributed by atoms with Crippen molar-refractivity contribution < 1.29 is 4.39 Å². The number of aryl methyl sites for hydroxylation is 2. The normalized spacial score (nSPS) is 16.3. The first-order valence-corrected chi connectivity index (χ1v) is 5.35. The van der Waals surface area contributed by atoms with Gasteiger partial charge in [0.05, 0.1) is 0 Å². The molecule has 15 heavy (non-hydrogen) atoms. The maximum atomic E-state index is 13.8. The van der Waals surface area contributed by atoms with Crippen LogP contribution < -0.4 is 5.32 Å². The summed E-state index contributed by atoms with van der Waals surface area (Å²) in [5, 5.41) is 3.24. The molecular formula is C13H16FN. The minimum atomic E-state index is -0.0827. The van der Waals surface area contributed by atoms with Gasteiger partial charge in [-0.1, -0.05) is 12.1 Å². The smallest absolute Gasteiger partial charge is 0.131 e. The van der Waals surface area contributed by atoms with Gasteiger partial charge in [-0.15, -0.1) is 0 Å². The van der Waals surface area contributed by atoms with Crippen LogP contribution in [0.25, 0.3) is 5.57 Å². The third-order valence-electron chi connectivity index (χ3n) is 2.82. The highest BCUT2D eigenvalue weighted by atomic mass is 19.1. The van der Waals surface area contributed by atoms with Gasteiger partial charge in [-0.05, 0) is 49.6 Å². The van der Waals surface area contributed by atoms with Gasteiger partial charge >= 0.3 is 0 Å². The molecule has 1 nitrogen and oxygen atoms in total. The Morgan fingerprint density at radius 1 is 1.27 bits per heavy atom. The van der Waals surface area contributed by atoms with Gasteiger partial charge in [0.25, 0.3) is 0 Å². The molecule has 0 radical (unpaired) electrons. The fraction of sp³-hybridized carbons (Fsp3) is 0.385. The molecule has 0 spiro atoms. The molecule has 1 heterocycles. The third-order valence-corrected chi connectivity index (χ3v) is 2.82. The number of hydrogen-bond donors (Lipinski definition) is 1. The molecule has 0 unspecified atom stereocenters. The Kier molecular flexibility index (Phi) is 2.87. The van der Waals surface area contributed by atoms with E-state index in [1.54, 1.807) is 6.07 Å². The summed E-state index contributed by atoms with van der Waals surface area (Å²) in [6, 6.07) is 3.66. The number of rotatable bonds is 1. The van der Waals surface area contributed by atoms with Crippen LogP contribution in [0.5, 0.6) is 0 Å². The molecular weight excluding hydrogens is 189 g/mol. The molecule has 80 valence electrons. The van der Waals surface area contributed by atoms with Crippen molar-refractivity contribution in [3.8, 4) is 0 Å². The molecule has 0 aliphatic carbocycles. The highest BCUT2D eigenvalue weighted by Gasteiger charge is 2.13. The second kappa shape index (κ2) is 4.15. The van der Waals surface area contributed by atoms with Crippen LogP contribution in [0.15, 0.2) is 18.2 Å². The standard InChI is InChI=1S/C13H16FN/c1-9-7-10(2)13(12(14)8-9)11-3-5-15-6-4-11/h3,7-8,15H,4-6H2,1-2H3. The molecule has 0 saturated carbocycles. The van der Waals surface area contributed by atoms with Crippen molar-refractivity contribution in [1.29, 1.82) is 0 Å². The molecule has 1 aromatic carbocycles. The maximum Gasteiger partial charge on any atom is 0.131 e. The summed E-state index contributed by atoms with van der Waals surface area (Å²) in [5.74, 6) is -0.0827. The van der Waals surface area contributed by atoms with Gasteiger partial charge in [0, 0.05) is 12.1 Å². The molecule has 0 aromatic heterocycles. The Hall–Kier alpha value is -1.15. The van der Waals surface area contributed by atoms with Crippen molar-refractivity contribution in [1.82, 2.24) is 5.32 Å². The van der Waals surface area contributed by atoms with E-state index < -0.39 is 0 Å². The van der Waals surface area contributed by atoms with Crippen LogP contribution in [-0.2, 0) is 0 Å². The average Bonchev–Trinajstić information content (AvgIpc) is 2.17. The van der Waals surface area contributed by atoms with Gasteiger partial charge in [-0.2, -0.15) is 0 Å². The Labute approximate surface area is 90.0 Å². The van der Waals surface area contributed by atoms with Crippen LogP contribution in [0.1, 0.15) is 23.1 Å². The Bertz CT molecular complexity index is 384. The van der Waals surface area contributed by atoms with Crippen molar-refractivity contribution in [2.75, 3.05) is 13.1 Å². The maximum absolute atomic E-state index is 13.8. The molecule has 1 N–H and O–H groups in total. The van der Waals surface area contributed by atoms with Crippen LogP contribution in [0, 0.1) is 19.7 Å². The Morgan fingerprint density at radius 2 is 2.07 bits per heavy atom. The lowest BCUT2D eigenvalue weighted by Crippen LogP contribution is -2.20. The number of halogens is 1. The molecule has 1 aliphatic heterocycles. The molecule has 2 rings (SSSR count). The van der Waals surface area contributed by atoms with Crippen LogP contribution in [0.3, 0.4) is 0 Å². The first-order chi connectivity index (χ1) is 7.18. The van der Waals surface area contributed by atoms with Crippen LogP contribution >= 0.6 is 0 Å². The summed E-state index contributed by atoms with van der Waals surface area (Å²) in [4.78, 5) is 0. The molecule has 1 aliphatic rings. The van der Waals surface area contributed by atoms with Gasteiger partial charge in [-0.25, -0.2) is 4.39 Å². The fourth-order valence-electron chi connectivity index (χ4n) is 2.17. The van der Waals surface area contributed by atoms with E-state index >= 15 is 0 Å². The average molecular weight is 205 g/mol. The molecule has 0 fully saturated rings. The highest BCUT2D eigenvalue weighted by molar-refractivity contribution is 5.70. The SMILES string of the molecule is Cc1cc(C)c(C2=CCNCC2)c(F)c1. The summed E-state index contributed by atoms with van der Waals surface area (Å²) in [6.07, 6.45) is 3.01. The van der Waals surface area contributed by atoms with E-state index in [2.05, 4.69) is 11.4 Å². The van der Waals surface area contributed by atoms with E-state index in [0.717, 1.165) is 41.8 Å². The fourth-order valence-corrected chi connectivity index (χ4v) is 2.17. The quantitative estimate of drug-likeness (QED) is 0.743. The Morgan fingerprint density at radius 3 is 2.67 bits per heavy atom. The zero-order chi connectivity index (χ0) is 10.8. The van der Waals surface area contributed by atoms with Crippen molar-refractivity contribution in [2.45, 2.75) is 20.3 Å². The molecule has 1 aromatic rings. The number of nitrogens with one attached hydrogen (secondary N) is 1. The number of benzene rings is 1. The molecule has 0 saturated heterocycles. The van der Waals surface area contributed by atoms with Gasteiger partial charge in [0.1, 0.15) is 5.82 Å². The molecule has 0 atom stereocenters. The van der Waals surface area contributed by atoms with Crippen molar-refractivity contribution in [2.24, 2.45) is 0 Å². The minimum Gasteiger partial charge on any atom is -0.313 e. The van der Waals surface area contributed by atoms with Gasteiger partial charge in [-0.3, -0.25) is 0 Å². The lowest BCUT2D eigenvalue weighted by molar-refractivity contribution is 0.618. The first-order valence-electron chi connectivity index (χ1n) is 5.35. The second-order valence-corrected chi connectivity index (χ2v) is 4.12. The van der Waals surface area contributed by atoms with Crippen molar-refractivity contribution >= 4 is 5.57 Å². The van der Waals surface area contributed by atoms with Crippen LogP contribution in [-0.4, -0.2) is 13.1 Å². The van der Waals surface area contributed by atoms with Gasteiger partial charge < -0.3 is 5.32 Å². The van der Waals surface area contributed by atoms with E-state index in [4.69, 9.17) is 0 Å².